The van der Waals surface area contributed by atoms with Gasteiger partial charge < -0.3 is 15.3 Å². The molecule has 1 aliphatic carbocycles. The number of halogens is 2. The van der Waals surface area contributed by atoms with Crippen LogP contribution in [0.1, 0.15) is 48.0 Å². The first kappa shape index (κ1) is 20.5. The van der Waals surface area contributed by atoms with Gasteiger partial charge in [0.15, 0.2) is 5.78 Å². The Labute approximate surface area is 170 Å². The Morgan fingerprint density at radius 3 is 2.55 bits per heavy atom. The summed E-state index contributed by atoms with van der Waals surface area (Å²) in [5.41, 5.74) is -0.0639. The van der Waals surface area contributed by atoms with Crippen LogP contribution in [0.3, 0.4) is 0 Å². The van der Waals surface area contributed by atoms with Crippen molar-refractivity contribution < 1.29 is 28.2 Å². The molecule has 1 heterocycles. The van der Waals surface area contributed by atoms with Crippen LogP contribution in [0.15, 0.2) is 30.0 Å². The van der Waals surface area contributed by atoms with E-state index in [0.717, 1.165) is 13.2 Å². The standard InChI is InChI=1S/C20H16ClFN2O5/c1-9-16-15(25)7-14(23-8-11-4-5-13(22)12(21)6-11)19(26)18(16)17(20(27)29-3)10(2)24(9)28/h4-7,23H,8H2,1-3H3. The quantitative estimate of drug-likeness (QED) is 0.465. The van der Waals surface area contributed by atoms with Gasteiger partial charge in [-0.15, -0.1) is 0 Å². The number of ether oxygens (including phenoxy) is 1. The SMILES string of the molecule is COC(=O)c1c2c(c(C)[n+]([O-])c1C)C(=O)C=C(NCc1ccc(F)c(Cl)c1)C2=O. The van der Waals surface area contributed by atoms with Crippen LogP contribution in [0, 0.1) is 24.9 Å². The Bertz CT molecular complexity index is 1110. The van der Waals surface area contributed by atoms with E-state index >= 15 is 0 Å². The topological polar surface area (TPSA) is 99.4 Å². The normalized spacial score (nSPS) is 13.1. The fourth-order valence-corrected chi connectivity index (χ4v) is 3.41. The summed E-state index contributed by atoms with van der Waals surface area (Å²) in [5.74, 6) is -2.69. The predicted molar refractivity (Wildman–Crippen MR) is 101 cm³/mol. The van der Waals surface area contributed by atoms with E-state index in [9.17, 15) is 24.0 Å². The number of aromatic nitrogens is 1. The number of esters is 1. The Morgan fingerprint density at radius 2 is 1.93 bits per heavy atom. The highest BCUT2D eigenvalue weighted by Gasteiger charge is 2.38. The van der Waals surface area contributed by atoms with Gasteiger partial charge in [-0.1, -0.05) is 17.7 Å². The van der Waals surface area contributed by atoms with Crippen molar-refractivity contribution in [1.82, 2.24) is 5.32 Å². The number of hydrogen-bond acceptors (Lipinski definition) is 6. The van der Waals surface area contributed by atoms with Gasteiger partial charge in [-0.25, -0.2) is 9.18 Å². The molecule has 0 amide bonds. The zero-order valence-corrected chi connectivity index (χ0v) is 16.5. The van der Waals surface area contributed by atoms with Crippen LogP contribution in [-0.2, 0) is 11.3 Å². The average molecular weight is 419 g/mol. The zero-order valence-electron chi connectivity index (χ0n) is 15.8. The van der Waals surface area contributed by atoms with E-state index in [1.54, 1.807) is 0 Å². The smallest absolute Gasteiger partial charge is 0.345 e. The van der Waals surface area contributed by atoms with Crippen molar-refractivity contribution in [2.75, 3.05) is 7.11 Å². The number of ketones is 2. The van der Waals surface area contributed by atoms with Gasteiger partial charge in [-0.3, -0.25) is 9.59 Å². The van der Waals surface area contributed by atoms with Crippen molar-refractivity contribution in [3.05, 3.63) is 79.7 Å². The molecule has 0 radical (unpaired) electrons. The maximum atomic E-state index is 13.3. The van der Waals surface area contributed by atoms with Gasteiger partial charge in [-0.2, -0.15) is 4.73 Å². The minimum Gasteiger partial charge on any atom is -0.618 e. The number of fused-ring (bicyclic) bond motifs is 1. The molecule has 1 aromatic heterocycles. The second-order valence-corrected chi connectivity index (χ2v) is 6.84. The molecule has 1 aromatic carbocycles. The van der Waals surface area contributed by atoms with Crippen molar-refractivity contribution in [3.63, 3.8) is 0 Å². The highest BCUT2D eigenvalue weighted by molar-refractivity contribution is 6.30. The van der Waals surface area contributed by atoms with Crippen LogP contribution < -0.4 is 10.0 Å². The summed E-state index contributed by atoms with van der Waals surface area (Å²) < 4.78 is 18.4. The van der Waals surface area contributed by atoms with E-state index < -0.39 is 23.4 Å². The highest BCUT2D eigenvalue weighted by atomic mass is 35.5. The molecule has 0 saturated heterocycles. The van der Waals surface area contributed by atoms with Crippen LogP contribution >= 0.6 is 11.6 Å². The molecule has 0 saturated carbocycles. The maximum Gasteiger partial charge on any atom is 0.345 e. The van der Waals surface area contributed by atoms with Crippen LogP contribution in [0.4, 0.5) is 4.39 Å². The third-order valence-corrected chi connectivity index (χ3v) is 4.97. The largest absolute Gasteiger partial charge is 0.618 e. The number of allylic oxidation sites excluding steroid dienone is 2. The first-order valence-corrected chi connectivity index (χ1v) is 8.88. The molecular formula is C20H16ClFN2O5. The lowest BCUT2D eigenvalue weighted by molar-refractivity contribution is -0.619. The molecular weight excluding hydrogens is 403 g/mol. The molecule has 150 valence electrons. The van der Waals surface area contributed by atoms with Gasteiger partial charge in [0.1, 0.15) is 16.9 Å². The average Bonchev–Trinajstić information content (AvgIpc) is 2.69. The summed E-state index contributed by atoms with van der Waals surface area (Å²) in [5, 5.41) is 15.1. The van der Waals surface area contributed by atoms with Gasteiger partial charge in [0.2, 0.25) is 17.2 Å². The van der Waals surface area contributed by atoms with Gasteiger partial charge in [0, 0.05) is 26.5 Å². The summed E-state index contributed by atoms with van der Waals surface area (Å²) in [6.45, 7) is 2.86. The van der Waals surface area contributed by atoms with Crippen molar-refractivity contribution in [2.24, 2.45) is 0 Å². The molecule has 0 unspecified atom stereocenters. The van der Waals surface area contributed by atoms with E-state index in [2.05, 4.69) is 5.32 Å². The van der Waals surface area contributed by atoms with Crippen LogP contribution in [0.2, 0.25) is 5.02 Å². The Morgan fingerprint density at radius 1 is 1.24 bits per heavy atom. The number of pyridine rings is 1. The number of carbonyl (C=O) groups is 3. The van der Waals surface area contributed by atoms with Gasteiger partial charge in [0.25, 0.3) is 0 Å². The second-order valence-electron chi connectivity index (χ2n) is 6.44. The van der Waals surface area contributed by atoms with E-state index in [0.29, 0.717) is 10.3 Å². The van der Waals surface area contributed by atoms with Crippen LogP contribution in [0.5, 0.6) is 0 Å². The lowest BCUT2D eigenvalue weighted by Gasteiger charge is -2.21. The molecule has 9 heteroatoms. The summed E-state index contributed by atoms with van der Waals surface area (Å²) >= 11 is 5.75. The number of nitrogens with zero attached hydrogens (tertiary/aromatic N) is 1. The Balaban J connectivity index is 2.04. The molecule has 0 spiro atoms. The van der Waals surface area contributed by atoms with Crippen LogP contribution in [0.25, 0.3) is 0 Å². The van der Waals surface area contributed by atoms with Gasteiger partial charge in [-0.05, 0) is 17.7 Å². The number of methoxy groups -OCH3 is 1. The van der Waals surface area contributed by atoms with E-state index in [-0.39, 0.29) is 45.3 Å². The van der Waals surface area contributed by atoms with Crippen molar-refractivity contribution >= 4 is 29.1 Å². The minimum absolute atomic E-state index is 0.0177. The third-order valence-electron chi connectivity index (χ3n) is 4.68. The van der Waals surface area contributed by atoms with E-state index in [1.807, 2.05) is 0 Å². The first-order valence-electron chi connectivity index (χ1n) is 8.50. The lowest BCUT2D eigenvalue weighted by Crippen LogP contribution is -2.42. The van der Waals surface area contributed by atoms with Crippen LogP contribution in [-0.4, -0.2) is 24.6 Å². The monoisotopic (exact) mass is 418 g/mol. The summed E-state index contributed by atoms with van der Waals surface area (Å²) in [4.78, 5) is 38.0. The predicted octanol–water partition coefficient (Wildman–Crippen LogP) is 2.57. The number of carbonyl (C=O) groups excluding carboxylic acids is 3. The van der Waals surface area contributed by atoms with Crippen molar-refractivity contribution in [2.45, 2.75) is 20.4 Å². The van der Waals surface area contributed by atoms with Crippen molar-refractivity contribution in [1.29, 1.82) is 0 Å². The molecule has 29 heavy (non-hydrogen) atoms. The molecule has 0 fully saturated rings. The minimum atomic E-state index is -0.893. The van der Waals surface area contributed by atoms with E-state index in [4.69, 9.17) is 16.3 Å². The number of benzene rings is 1. The van der Waals surface area contributed by atoms with Gasteiger partial charge >= 0.3 is 5.97 Å². The molecule has 2 aromatic rings. The number of Topliss-reactive ketones (excluding diaryl/α,β-unsaturated/α-hetero) is 1. The molecule has 0 aliphatic heterocycles. The number of nitrogens with one attached hydrogen (secondary N) is 1. The van der Waals surface area contributed by atoms with E-state index in [1.165, 1.54) is 32.0 Å². The first-order chi connectivity index (χ1) is 13.7. The summed E-state index contributed by atoms with van der Waals surface area (Å²) in [6, 6.07) is 4.06. The zero-order chi connectivity index (χ0) is 21.5. The Kier molecular flexibility index (Phi) is 5.39. The maximum absolute atomic E-state index is 13.3. The molecule has 0 atom stereocenters. The summed E-state index contributed by atoms with van der Waals surface area (Å²) in [7, 11) is 1.12. The molecule has 1 aliphatic rings. The molecule has 0 bridgehead atoms. The molecule has 1 N–H and O–H groups in total. The fourth-order valence-electron chi connectivity index (χ4n) is 3.20. The van der Waals surface area contributed by atoms with Gasteiger partial charge in [0.05, 0.1) is 23.4 Å². The van der Waals surface area contributed by atoms with Crippen molar-refractivity contribution in [3.8, 4) is 0 Å². The summed E-state index contributed by atoms with van der Waals surface area (Å²) in [6.07, 6.45) is 1.07. The lowest BCUT2D eigenvalue weighted by atomic mass is 9.87. The number of rotatable bonds is 4. The molecule has 3 rings (SSSR count). The fraction of sp³-hybridized carbons (Fsp3) is 0.200. The third kappa shape index (κ3) is 3.47. The Hall–Kier alpha value is -3.26. The highest BCUT2D eigenvalue weighted by Crippen LogP contribution is 2.27. The number of hydrogen-bond donors (Lipinski definition) is 1. The molecule has 7 nitrogen and oxygen atoms in total. The second kappa shape index (κ2) is 7.63.